The Bertz CT molecular complexity index is 1090. The molecule has 0 radical (unpaired) electrons. The highest BCUT2D eigenvalue weighted by Crippen LogP contribution is 2.43. The van der Waals surface area contributed by atoms with Crippen LogP contribution < -0.4 is 5.01 Å². The summed E-state index contributed by atoms with van der Waals surface area (Å²) in [5, 5.41) is 8.48. The number of piperazine rings is 1. The molecule has 2 aromatic rings. The number of hydrogen-bond donors (Lipinski definition) is 0. The number of rotatable bonds is 4. The topological polar surface area (TPSA) is 39.2 Å². The van der Waals surface area contributed by atoms with Crippen LogP contribution in [0, 0.1) is 5.92 Å². The van der Waals surface area contributed by atoms with Crippen molar-refractivity contribution in [3.63, 3.8) is 0 Å². The van der Waals surface area contributed by atoms with Crippen molar-refractivity contribution in [2.24, 2.45) is 11.0 Å². The molecule has 1 amide bonds. The van der Waals surface area contributed by atoms with Crippen LogP contribution in [0.3, 0.4) is 0 Å². The van der Waals surface area contributed by atoms with Gasteiger partial charge in [0.1, 0.15) is 5.71 Å². The summed E-state index contributed by atoms with van der Waals surface area (Å²) in [7, 11) is 0. The van der Waals surface area contributed by atoms with E-state index in [0.29, 0.717) is 26.8 Å². The van der Waals surface area contributed by atoms with Crippen LogP contribution in [0.5, 0.6) is 0 Å². The molecule has 2 fully saturated rings. The number of nitrogens with zero attached hydrogens (tertiary/aromatic N) is 4. The Kier molecular flexibility index (Phi) is 7.59. The molecule has 0 aromatic heterocycles. The van der Waals surface area contributed by atoms with Crippen LogP contribution in [-0.2, 0) is 4.79 Å². The van der Waals surface area contributed by atoms with E-state index in [1.54, 1.807) is 12.1 Å². The van der Waals surface area contributed by atoms with E-state index >= 15 is 0 Å². The fourth-order valence-electron chi connectivity index (χ4n) is 5.73. The van der Waals surface area contributed by atoms with Gasteiger partial charge in [-0.3, -0.25) is 14.7 Å². The van der Waals surface area contributed by atoms with E-state index in [0.717, 1.165) is 37.4 Å². The van der Waals surface area contributed by atoms with Gasteiger partial charge in [-0.2, -0.15) is 5.10 Å². The fourth-order valence-corrected chi connectivity index (χ4v) is 6.35. The highest BCUT2D eigenvalue weighted by Gasteiger charge is 2.42. The Labute approximate surface area is 222 Å². The lowest BCUT2D eigenvalue weighted by Crippen LogP contribution is -2.54. The van der Waals surface area contributed by atoms with Crippen molar-refractivity contribution in [3.8, 4) is 0 Å². The summed E-state index contributed by atoms with van der Waals surface area (Å²) in [6.07, 6.45) is 6.59. The maximum Gasteiger partial charge on any atom is 0.270 e. The molecule has 1 saturated carbocycles. The number of anilines is 1. The quantitative estimate of drug-likeness (QED) is 0.440. The molecular formula is C27H31Cl3N4O. The van der Waals surface area contributed by atoms with Gasteiger partial charge in [-0.15, -0.1) is 0 Å². The molecule has 5 nitrogen and oxygen atoms in total. The molecule has 2 atom stereocenters. The molecule has 35 heavy (non-hydrogen) atoms. The number of carbonyl (C=O) groups is 1. The van der Waals surface area contributed by atoms with Gasteiger partial charge in [0.15, 0.2) is 0 Å². The molecule has 2 aliphatic heterocycles. The van der Waals surface area contributed by atoms with Gasteiger partial charge in [0.25, 0.3) is 5.91 Å². The zero-order chi connectivity index (χ0) is 24.5. The predicted molar refractivity (Wildman–Crippen MR) is 145 cm³/mol. The van der Waals surface area contributed by atoms with E-state index < -0.39 is 0 Å². The molecule has 2 aromatic carbocycles. The Morgan fingerprint density at radius 3 is 2.20 bits per heavy atom. The first-order valence-corrected chi connectivity index (χ1v) is 13.7. The Hall–Kier alpha value is -1.79. The third kappa shape index (κ3) is 5.20. The van der Waals surface area contributed by atoms with Gasteiger partial charge in [0.2, 0.25) is 0 Å². The van der Waals surface area contributed by atoms with E-state index in [9.17, 15) is 4.79 Å². The number of amides is 1. The van der Waals surface area contributed by atoms with Crippen LogP contribution in [0.2, 0.25) is 15.1 Å². The molecule has 2 unspecified atom stereocenters. The van der Waals surface area contributed by atoms with Crippen molar-refractivity contribution < 1.29 is 4.79 Å². The van der Waals surface area contributed by atoms with Crippen LogP contribution in [0.15, 0.2) is 47.6 Å². The Morgan fingerprint density at radius 2 is 1.54 bits per heavy atom. The standard InChI is InChI=1S/C27H31Cl3N4O/c1-18-25(27(35)33-15-13-32(14-16-33)22-5-3-2-4-6-22)31-34(24-12-11-21(29)17-23(24)30)26(18)19-7-9-20(28)10-8-19/h7-12,17-18,22,26H,2-6,13-16H2,1H3. The van der Waals surface area contributed by atoms with Gasteiger partial charge in [-0.25, -0.2) is 0 Å². The zero-order valence-electron chi connectivity index (χ0n) is 20.0. The summed E-state index contributed by atoms with van der Waals surface area (Å²) in [6.45, 7) is 5.43. The zero-order valence-corrected chi connectivity index (χ0v) is 22.2. The lowest BCUT2D eigenvalue weighted by atomic mass is 9.90. The molecule has 0 spiro atoms. The fraction of sp³-hybridized carbons (Fsp3) is 0.481. The first kappa shape index (κ1) is 24.9. The molecule has 0 N–H and O–H groups in total. The summed E-state index contributed by atoms with van der Waals surface area (Å²) in [6, 6.07) is 13.6. The second-order valence-electron chi connectivity index (χ2n) is 9.83. The van der Waals surface area contributed by atoms with Crippen LogP contribution in [0.1, 0.15) is 50.6 Å². The molecule has 0 bridgehead atoms. The highest BCUT2D eigenvalue weighted by atomic mass is 35.5. The first-order valence-electron chi connectivity index (χ1n) is 12.5. The lowest BCUT2D eigenvalue weighted by Gasteiger charge is -2.40. The minimum atomic E-state index is -0.173. The van der Waals surface area contributed by atoms with E-state index in [2.05, 4.69) is 11.8 Å². The average Bonchev–Trinajstić information content (AvgIpc) is 3.21. The van der Waals surface area contributed by atoms with Gasteiger partial charge in [0.05, 0.1) is 16.8 Å². The predicted octanol–water partition coefficient (Wildman–Crippen LogP) is 6.68. The van der Waals surface area contributed by atoms with Crippen molar-refractivity contribution in [1.82, 2.24) is 9.80 Å². The van der Waals surface area contributed by atoms with E-state index in [-0.39, 0.29) is 17.9 Å². The highest BCUT2D eigenvalue weighted by molar-refractivity contribution is 6.41. The molecule has 1 saturated heterocycles. The van der Waals surface area contributed by atoms with Crippen LogP contribution in [0.25, 0.3) is 0 Å². The maximum atomic E-state index is 13.7. The Balaban J connectivity index is 1.38. The van der Waals surface area contributed by atoms with Crippen molar-refractivity contribution in [3.05, 3.63) is 63.1 Å². The number of halogens is 3. The largest absolute Gasteiger partial charge is 0.335 e. The molecule has 186 valence electrons. The number of carbonyl (C=O) groups excluding carboxylic acids is 1. The number of hydrogen-bond acceptors (Lipinski definition) is 4. The molecular weight excluding hydrogens is 503 g/mol. The summed E-state index contributed by atoms with van der Waals surface area (Å²) >= 11 is 18.9. The van der Waals surface area contributed by atoms with Gasteiger partial charge in [0, 0.05) is 48.2 Å². The monoisotopic (exact) mass is 532 g/mol. The third-order valence-corrected chi connectivity index (χ3v) is 8.45. The second-order valence-corrected chi connectivity index (χ2v) is 11.1. The van der Waals surface area contributed by atoms with Gasteiger partial charge >= 0.3 is 0 Å². The van der Waals surface area contributed by atoms with Crippen molar-refractivity contribution in [2.75, 3.05) is 31.2 Å². The lowest BCUT2D eigenvalue weighted by molar-refractivity contribution is -0.126. The first-order chi connectivity index (χ1) is 16.9. The van der Waals surface area contributed by atoms with Crippen LogP contribution >= 0.6 is 34.8 Å². The second kappa shape index (κ2) is 10.7. The van der Waals surface area contributed by atoms with Crippen LogP contribution in [0.4, 0.5) is 5.69 Å². The Morgan fingerprint density at radius 1 is 0.886 bits per heavy atom. The molecule has 8 heteroatoms. The normalized spacial score (nSPS) is 24.1. The van der Waals surface area contributed by atoms with Crippen LogP contribution in [-0.4, -0.2) is 53.6 Å². The number of hydrazone groups is 1. The van der Waals surface area contributed by atoms with E-state index in [1.807, 2.05) is 40.2 Å². The van der Waals surface area contributed by atoms with E-state index in [4.69, 9.17) is 39.9 Å². The summed E-state index contributed by atoms with van der Waals surface area (Å²) in [5.41, 5.74) is 2.33. The summed E-state index contributed by atoms with van der Waals surface area (Å²) in [5.74, 6) is -0.0980. The van der Waals surface area contributed by atoms with Crippen molar-refractivity contribution in [1.29, 1.82) is 0 Å². The molecule has 2 heterocycles. The van der Waals surface area contributed by atoms with Crippen molar-refractivity contribution >= 4 is 52.1 Å². The molecule has 1 aliphatic carbocycles. The average molecular weight is 534 g/mol. The van der Waals surface area contributed by atoms with Gasteiger partial charge in [-0.1, -0.05) is 73.1 Å². The summed E-state index contributed by atoms with van der Waals surface area (Å²) in [4.78, 5) is 18.3. The molecule has 5 rings (SSSR count). The van der Waals surface area contributed by atoms with Crippen molar-refractivity contribution in [2.45, 2.75) is 51.1 Å². The SMILES string of the molecule is CC1C(C(=O)N2CCN(C3CCCCC3)CC2)=NN(c2ccc(Cl)cc2Cl)C1c1ccc(Cl)cc1. The maximum absolute atomic E-state index is 13.7. The van der Waals surface area contributed by atoms with Gasteiger partial charge in [-0.05, 0) is 48.7 Å². The smallest absolute Gasteiger partial charge is 0.270 e. The summed E-state index contributed by atoms with van der Waals surface area (Å²) < 4.78 is 0. The minimum absolute atomic E-state index is 0.0207. The van der Waals surface area contributed by atoms with Gasteiger partial charge < -0.3 is 4.90 Å². The minimum Gasteiger partial charge on any atom is -0.335 e. The third-order valence-electron chi connectivity index (χ3n) is 7.66. The molecule has 3 aliphatic rings. The number of benzene rings is 2. The van der Waals surface area contributed by atoms with E-state index in [1.165, 1.54) is 32.1 Å².